The fourth-order valence-corrected chi connectivity index (χ4v) is 3.68. The Bertz CT molecular complexity index is 808. The number of aromatic nitrogens is 1. The number of anilines is 1. The van der Waals surface area contributed by atoms with Crippen LogP contribution in [0.4, 0.5) is 5.13 Å². The molecular formula is C17H18N2O3S. The van der Waals surface area contributed by atoms with E-state index in [1.807, 2.05) is 20.8 Å². The van der Waals surface area contributed by atoms with Crippen LogP contribution in [0.3, 0.4) is 0 Å². The van der Waals surface area contributed by atoms with Crippen LogP contribution in [0.25, 0.3) is 0 Å². The van der Waals surface area contributed by atoms with Gasteiger partial charge in [0.15, 0.2) is 10.9 Å². The fraction of sp³-hybridized carbons (Fsp3) is 0.353. The van der Waals surface area contributed by atoms with Gasteiger partial charge >= 0.3 is 0 Å². The number of nitrogens with zero attached hydrogens (tertiary/aromatic N) is 1. The van der Waals surface area contributed by atoms with E-state index in [1.54, 1.807) is 12.1 Å². The van der Waals surface area contributed by atoms with E-state index < -0.39 is 5.91 Å². The fourth-order valence-electron chi connectivity index (χ4n) is 2.77. The van der Waals surface area contributed by atoms with Crippen LogP contribution in [0.2, 0.25) is 0 Å². The van der Waals surface area contributed by atoms with Gasteiger partial charge in [0.1, 0.15) is 5.75 Å². The number of aromatic hydroxyl groups is 1. The van der Waals surface area contributed by atoms with E-state index in [4.69, 9.17) is 0 Å². The number of fused-ring (bicyclic) bond motifs is 1. The molecule has 0 atom stereocenters. The summed E-state index contributed by atoms with van der Waals surface area (Å²) in [6.07, 6.45) is 1.21. The number of Topliss-reactive ketones (excluding diaryl/α,β-unsaturated/α-hetero) is 1. The Kier molecular flexibility index (Phi) is 3.72. The third-order valence-electron chi connectivity index (χ3n) is 3.85. The average molecular weight is 330 g/mol. The van der Waals surface area contributed by atoms with Gasteiger partial charge in [0.25, 0.3) is 5.91 Å². The molecule has 0 unspecified atom stereocenters. The molecule has 0 saturated carbocycles. The largest absolute Gasteiger partial charge is 0.507 e. The maximum Gasteiger partial charge on any atom is 0.261 e. The molecule has 2 aromatic rings. The van der Waals surface area contributed by atoms with E-state index in [0.717, 1.165) is 17.7 Å². The summed E-state index contributed by atoms with van der Waals surface area (Å²) in [5, 5.41) is 12.9. The minimum atomic E-state index is -0.427. The van der Waals surface area contributed by atoms with E-state index in [-0.39, 0.29) is 22.5 Å². The van der Waals surface area contributed by atoms with Gasteiger partial charge in [-0.05, 0) is 30.9 Å². The predicted molar refractivity (Wildman–Crippen MR) is 89.3 cm³/mol. The molecule has 2 N–H and O–H groups in total. The predicted octanol–water partition coefficient (Wildman–Crippen LogP) is 3.56. The van der Waals surface area contributed by atoms with Gasteiger partial charge in [-0.2, -0.15) is 0 Å². The normalized spacial score (nSPS) is 16.0. The zero-order valence-electron chi connectivity index (χ0n) is 13.3. The van der Waals surface area contributed by atoms with Crippen molar-refractivity contribution in [3.63, 3.8) is 0 Å². The monoisotopic (exact) mass is 330 g/mol. The first-order valence-electron chi connectivity index (χ1n) is 7.39. The minimum Gasteiger partial charge on any atom is -0.507 e. The summed E-state index contributed by atoms with van der Waals surface area (Å²) in [5.74, 6) is -0.428. The topological polar surface area (TPSA) is 79.3 Å². The van der Waals surface area contributed by atoms with Gasteiger partial charge in [-0.1, -0.05) is 36.8 Å². The Hall–Kier alpha value is -2.21. The maximum absolute atomic E-state index is 12.3. The smallest absolute Gasteiger partial charge is 0.261 e. The number of ketones is 1. The zero-order valence-corrected chi connectivity index (χ0v) is 14.1. The summed E-state index contributed by atoms with van der Waals surface area (Å²) in [6.45, 7) is 5.92. The number of hydrogen-bond acceptors (Lipinski definition) is 5. The van der Waals surface area contributed by atoms with Crippen LogP contribution in [-0.4, -0.2) is 21.8 Å². The molecule has 1 aromatic carbocycles. The molecule has 23 heavy (non-hydrogen) atoms. The highest BCUT2D eigenvalue weighted by atomic mass is 32.1. The Labute approximate surface area is 138 Å². The molecule has 0 fully saturated rings. The second-order valence-corrected chi connectivity index (χ2v) is 7.71. The van der Waals surface area contributed by atoms with E-state index in [2.05, 4.69) is 10.3 Å². The Balaban J connectivity index is 1.86. The first kappa shape index (κ1) is 15.7. The van der Waals surface area contributed by atoms with Crippen molar-refractivity contribution in [1.29, 1.82) is 0 Å². The molecule has 0 radical (unpaired) electrons. The van der Waals surface area contributed by atoms with Crippen molar-refractivity contribution in [1.82, 2.24) is 4.98 Å². The van der Waals surface area contributed by atoms with Gasteiger partial charge in [-0.25, -0.2) is 4.98 Å². The number of phenolic OH excluding ortho intramolecular Hbond substituents is 1. The van der Waals surface area contributed by atoms with E-state index in [9.17, 15) is 14.7 Å². The van der Waals surface area contributed by atoms with Gasteiger partial charge < -0.3 is 5.11 Å². The van der Waals surface area contributed by atoms with Gasteiger partial charge in [0.05, 0.1) is 16.1 Å². The van der Waals surface area contributed by atoms with Crippen LogP contribution in [0.1, 0.15) is 51.6 Å². The molecule has 1 aliphatic rings. The highest BCUT2D eigenvalue weighted by Crippen LogP contribution is 2.38. The summed E-state index contributed by atoms with van der Waals surface area (Å²) in [6, 6.07) is 4.84. The van der Waals surface area contributed by atoms with E-state index >= 15 is 0 Å². The molecule has 120 valence electrons. The lowest BCUT2D eigenvalue weighted by Crippen LogP contribution is -2.26. The molecule has 1 aromatic heterocycles. The van der Waals surface area contributed by atoms with Crippen LogP contribution in [0.5, 0.6) is 5.75 Å². The number of amides is 1. The molecule has 1 aliphatic carbocycles. The maximum atomic E-state index is 12.3. The van der Waals surface area contributed by atoms with E-state index in [0.29, 0.717) is 16.4 Å². The second kappa shape index (κ2) is 5.45. The van der Waals surface area contributed by atoms with Crippen LogP contribution in [0.15, 0.2) is 18.2 Å². The molecule has 3 rings (SSSR count). The van der Waals surface area contributed by atoms with Crippen molar-refractivity contribution in [2.45, 2.75) is 33.6 Å². The number of carbonyl (C=O) groups excluding carboxylic acids is 2. The van der Waals surface area contributed by atoms with Gasteiger partial charge in [0.2, 0.25) is 0 Å². The third kappa shape index (κ3) is 3.12. The molecule has 0 bridgehead atoms. The number of rotatable bonds is 2. The van der Waals surface area contributed by atoms with Crippen LogP contribution >= 0.6 is 11.3 Å². The summed E-state index contributed by atoms with van der Waals surface area (Å²) in [5.41, 5.74) is 1.72. The Morgan fingerprint density at radius 2 is 2.09 bits per heavy atom. The molecule has 0 spiro atoms. The number of thiazole rings is 1. The van der Waals surface area contributed by atoms with Crippen molar-refractivity contribution in [3.8, 4) is 5.75 Å². The minimum absolute atomic E-state index is 0.0765. The second-order valence-electron chi connectivity index (χ2n) is 6.71. The lowest BCUT2D eigenvalue weighted by atomic mass is 9.78. The number of nitrogens with one attached hydrogen (secondary N) is 1. The number of hydrogen-bond donors (Lipinski definition) is 2. The lowest BCUT2D eigenvalue weighted by Gasteiger charge is -2.26. The molecule has 0 aliphatic heterocycles. The average Bonchev–Trinajstić information content (AvgIpc) is 2.82. The summed E-state index contributed by atoms with van der Waals surface area (Å²) < 4.78 is 0. The van der Waals surface area contributed by atoms with Crippen LogP contribution < -0.4 is 5.32 Å². The van der Waals surface area contributed by atoms with Crippen molar-refractivity contribution < 1.29 is 14.7 Å². The van der Waals surface area contributed by atoms with Gasteiger partial charge in [-0.15, -0.1) is 0 Å². The molecule has 5 nitrogen and oxygen atoms in total. The van der Waals surface area contributed by atoms with Gasteiger partial charge in [-0.3, -0.25) is 14.9 Å². The Morgan fingerprint density at radius 3 is 2.83 bits per heavy atom. The highest BCUT2D eigenvalue weighted by Gasteiger charge is 2.34. The number of benzene rings is 1. The van der Waals surface area contributed by atoms with Crippen molar-refractivity contribution in [2.75, 3.05) is 5.32 Å². The summed E-state index contributed by atoms with van der Waals surface area (Å²) >= 11 is 1.20. The van der Waals surface area contributed by atoms with Crippen LogP contribution in [0, 0.1) is 12.3 Å². The summed E-state index contributed by atoms with van der Waals surface area (Å²) in [7, 11) is 0. The van der Waals surface area contributed by atoms with Crippen molar-refractivity contribution in [2.24, 2.45) is 5.41 Å². The number of phenols is 1. The molecule has 6 heteroatoms. The van der Waals surface area contributed by atoms with Gasteiger partial charge in [0, 0.05) is 6.42 Å². The van der Waals surface area contributed by atoms with E-state index in [1.165, 1.54) is 17.4 Å². The first-order chi connectivity index (χ1) is 10.7. The SMILES string of the molecule is Cc1ccc(O)c(C(=O)Nc2nc3c(s2)C(=O)CC(C)(C)C3)c1. The third-order valence-corrected chi connectivity index (χ3v) is 4.91. The zero-order chi connectivity index (χ0) is 16.8. The van der Waals surface area contributed by atoms with Crippen LogP contribution in [-0.2, 0) is 6.42 Å². The quantitative estimate of drug-likeness (QED) is 0.882. The van der Waals surface area contributed by atoms with Crippen molar-refractivity contribution >= 4 is 28.2 Å². The lowest BCUT2D eigenvalue weighted by molar-refractivity contribution is 0.0915. The molecule has 1 heterocycles. The van der Waals surface area contributed by atoms with Crippen molar-refractivity contribution in [3.05, 3.63) is 39.9 Å². The summed E-state index contributed by atoms with van der Waals surface area (Å²) in [4.78, 5) is 29.5. The number of aryl methyl sites for hydroxylation is 1. The molecule has 1 amide bonds. The first-order valence-corrected chi connectivity index (χ1v) is 8.21. The molecule has 0 saturated heterocycles. The Morgan fingerprint density at radius 1 is 1.35 bits per heavy atom. The molecular weight excluding hydrogens is 312 g/mol. The number of carbonyl (C=O) groups is 2. The highest BCUT2D eigenvalue weighted by molar-refractivity contribution is 7.17. The standard InChI is InChI=1S/C17H18N2O3S/c1-9-4-5-12(20)10(6-9)15(22)19-16-18-11-7-17(2,3)8-13(21)14(11)23-16/h4-6,20H,7-8H2,1-3H3,(H,18,19,22).